The zero-order chi connectivity index (χ0) is 14.1. The summed E-state index contributed by atoms with van der Waals surface area (Å²) in [6.45, 7) is 4.19. The fourth-order valence-corrected chi connectivity index (χ4v) is 2.70. The molecule has 3 heterocycles. The van der Waals surface area contributed by atoms with Crippen LogP contribution in [0.1, 0.15) is 27.8 Å². The molecule has 1 amide bonds. The third-order valence-electron chi connectivity index (χ3n) is 3.84. The average Bonchev–Trinajstić information content (AvgIpc) is 3.06. The first-order valence-electron chi connectivity index (χ1n) is 6.81. The van der Waals surface area contributed by atoms with Gasteiger partial charge in [0.2, 0.25) is 0 Å². The Labute approximate surface area is 117 Å². The van der Waals surface area contributed by atoms with Crippen molar-refractivity contribution in [2.24, 2.45) is 7.05 Å². The van der Waals surface area contributed by atoms with Gasteiger partial charge in [-0.3, -0.25) is 4.79 Å². The van der Waals surface area contributed by atoms with Crippen LogP contribution in [0.4, 0.5) is 0 Å². The predicted octanol–water partition coefficient (Wildman–Crippen LogP) is 0.843. The van der Waals surface area contributed by atoms with E-state index in [-0.39, 0.29) is 11.9 Å². The number of aromatic amines is 1. The number of hydrogen-bond acceptors (Lipinski definition) is 3. The van der Waals surface area contributed by atoms with E-state index < -0.39 is 0 Å². The summed E-state index contributed by atoms with van der Waals surface area (Å²) in [5, 5.41) is 3.34. The Morgan fingerprint density at radius 1 is 1.45 bits per heavy atom. The predicted molar refractivity (Wildman–Crippen MR) is 75.4 cm³/mol. The van der Waals surface area contributed by atoms with Crippen molar-refractivity contribution < 1.29 is 4.79 Å². The second-order valence-electron chi connectivity index (χ2n) is 5.17. The number of nitrogens with one attached hydrogen (secondary N) is 2. The fourth-order valence-electron chi connectivity index (χ4n) is 2.70. The van der Waals surface area contributed by atoms with Crippen LogP contribution in [0, 0.1) is 6.92 Å². The minimum atomic E-state index is -0.0226. The number of hydrogen-bond donors (Lipinski definition) is 2. The molecular weight excluding hydrogens is 254 g/mol. The number of carbonyl (C=O) groups is 1. The Morgan fingerprint density at radius 2 is 2.30 bits per heavy atom. The summed E-state index contributed by atoms with van der Waals surface area (Å²) in [5.41, 5.74) is 1.72. The lowest BCUT2D eigenvalue weighted by Gasteiger charge is -2.35. The molecule has 20 heavy (non-hydrogen) atoms. The highest BCUT2D eigenvalue weighted by atomic mass is 16.2. The Morgan fingerprint density at radius 3 is 2.95 bits per heavy atom. The Balaban J connectivity index is 1.92. The lowest BCUT2D eigenvalue weighted by atomic mass is 10.1. The molecule has 106 valence electrons. The molecule has 6 heteroatoms. The van der Waals surface area contributed by atoms with Crippen molar-refractivity contribution in [3.8, 4) is 0 Å². The van der Waals surface area contributed by atoms with Gasteiger partial charge >= 0.3 is 0 Å². The molecule has 1 saturated heterocycles. The minimum absolute atomic E-state index is 0.0226. The van der Waals surface area contributed by atoms with E-state index in [1.807, 2.05) is 35.8 Å². The monoisotopic (exact) mass is 273 g/mol. The number of aryl methyl sites for hydroxylation is 2. The van der Waals surface area contributed by atoms with Crippen molar-refractivity contribution in [2.45, 2.75) is 13.0 Å². The summed E-state index contributed by atoms with van der Waals surface area (Å²) in [7, 11) is 1.96. The lowest BCUT2D eigenvalue weighted by Crippen LogP contribution is -2.49. The number of nitrogens with zero attached hydrogens (tertiary/aromatic N) is 3. The second kappa shape index (κ2) is 5.13. The van der Waals surface area contributed by atoms with Gasteiger partial charge in [0.1, 0.15) is 11.9 Å². The standard InChI is InChI=1S/C14H19N5O/c1-10-7-16-8-11(10)14(20)19-6-3-15-9-12(19)13-17-4-5-18(13)2/h4-5,7-8,12,15-16H,3,6,9H2,1-2H3. The van der Waals surface area contributed by atoms with E-state index in [1.54, 1.807) is 12.4 Å². The van der Waals surface area contributed by atoms with Crippen molar-refractivity contribution in [3.05, 3.63) is 41.7 Å². The molecule has 1 aliphatic heterocycles. The Bertz CT molecular complexity index is 615. The quantitative estimate of drug-likeness (QED) is 0.852. The van der Waals surface area contributed by atoms with Crippen LogP contribution in [0.15, 0.2) is 24.8 Å². The molecule has 2 aromatic heterocycles. The normalized spacial score (nSPS) is 19.3. The smallest absolute Gasteiger partial charge is 0.256 e. The maximum Gasteiger partial charge on any atom is 0.256 e. The molecule has 0 aromatic carbocycles. The molecule has 0 saturated carbocycles. The van der Waals surface area contributed by atoms with E-state index >= 15 is 0 Å². The van der Waals surface area contributed by atoms with Gasteiger partial charge < -0.3 is 19.8 Å². The van der Waals surface area contributed by atoms with E-state index in [0.29, 0.717) is 6.54 Å². The molecule has 0 spiro atoms. The van der Waals surface area contributed by atoms with Crippen molar-refractivity contribution >= 4 is 5.91 Å². The van der Waals surface area contributed by atoms with Gasteiger partial charge in [-0.1, -0.05) is 0 Å². The van der Waals surface area contributed by atoms with Crippen LogP contribution < -0.4 is 5.32 Å². The van der Waals surface area contributed by atoms with Gasteiger partial charge in [0, 0.05) is 51.5 Å². The number of carbonyl (C=O) groups excluding carboxylic acids is 1. The van der Waals surface area contributed by atoms with Crippen LogP contribution in [0.5, 0.6) is 0 Å². The largest absolute Gasteiger partial charge is 0.367 e. The van der Waals surface area contributed by atoms with E-state index in [4.69, 9.17) is 0 Å². The highest BCUT2D eigenvalue weighted by Crippen LogP contribution is 2.23. The molecular formula is C14H19N5O. The molecule has 1 aliphatic rings. The van der Waals surface area contributed by atoms with E-state index in [2.05, 4.69) is 15.3 Å². The van der Waals surface area contributed by atoms with Crippen LogP contribution in [0.3, 0.4) is 0 Å². The van der Waals surface area contributed by atoms with Gasteiger partial charge in [0.15, 0.2) is 0 Å². The summed E-state index contributed by atoms with van der Waals surface area (Å²) in [4.78, 5) is 22.0. The van der Waals surface area contributed by atoms with Crippen LogP contribution in [-0.2, 0) is 7.05 Å². The molecule has 0 bridgehead atoms. The van der Waals surface area contributed by atoms with Gasteiger partial charge in [-0.15, -0.1) is 0 Å². The van der Waals surface area contributed by atoms with Crippen molar-refractivity contribution in [2.75, 3.05) is 19.6 Å². The molecule has 2 aromatic rings. The molecule has 2 N–H and O–H groups in total. The number of H-pyrrole nitrogens is 1. The van der Waals surface area contributed by atoms with Gasteiger partial charge in [-0.05, 0) is 12.5 Å². The SMILES string of the molecule is Cc1c[nH]cc1C(=O)N1CCNCC1c1nccn1C. The molecule has 3 rings (SSSR count). The van der Waals surface area contributed by atoms with E-state index in [0.717, 1.165) is 30.0 Å². The number of aromatic nitrogens is 3. The first-order chi connectivity index (χ1) is 9.68. The zero-order valence-electron chi connectivity index (χ0n) is 11.8. The number of piperazine rings is 1. The maximum absolute atomic E-state index is 12.7. The Hall–Kier alpha value is -2.08. The average molecular weight is 273 g/mol. The second-order valence-corrected chi connectivity index (χ2v) is 5.17. The number of imidazole rings is 1. The van der Waals surface area contributed by atoms with Crippen LogP contribution in [-0.4, -0.2) is 45.0 Å². The summed E-state index contributed by atoms with van der Waals surface area (Å²) >= 11 is 0. The molecule has 1 fully saturated rings. The fraction of sp³-hybridized carbons (Fsp3) is 0.429. The molecule has 1 unspecified atom stereocenters. The summed E-state index contributed by atoms with van der Waals surface area (Å²) in [6.07, 6.45) is 7.31. The molecule has 0 radical (unpaired) electrons. The first kappa shape index (κ1) is 12.9. The maximum atomic E-state index is 12.7. The lowest BCUT2D eigenvalue weighted by molar-refractivity contribution is 0.0620. The number of amides is 1. The van der Waals surface area contributed by atoms with Gasteiger partial charge in [-0.25, -0.2) is 4.98 Å². The molecule has 6 nitrogen and oxygen atoms in total. The van der Waals surface area contributed by atoms with Crippen molar-refractivity contribution in [1.29, 1.82) is 0 Å². The highest BCUT2D eigenvalue weighted by molar-refractivity contribution is 5.95. The van der Waals surface area contributed by atoms with Crippen LogP contribution in [0.2, 0.25) is 0 Å². The number of rotatable bonds is 2. The highest BCUT2D eigenvalue weighted by Gasteiger charge is 2.31. The third kappa shape index (κ3) is 2.12. The topological polar surface area (TPSA) is 66.0 Å². The minimum Gasteiger partial charge on any atom is -0.367 e. The Kier molecular flexibility index (Phi) is 3.31. The van der Waals surface area contributed by atoms with Crippen molar-refractivity contribution in [1.82, 2.24) is 24.8 Å². The zero-order valence-corrected chi connectivity index (χ0v) is 11.8. The van der Waals surface area contributed by atoms with E-state index in [1.165, 1.54) is 0 Å². The first-order valence-corrected chi connectivity index (χ1v) is 6.81. The summed E-state index contributed by atoms with van der Waals surface area (Å²) in [5.74, 6) is 0.983. The van der Waals surface area contributed by atoms with Crippen molar-refractivity contribution in [3.63, 3.8) is 0 Å². The van der Waals surface area contributed by atoms with Gasteiger partial charge in [0.25, 0.3) is 5.91 Å². The molecule has 1 atom stereocenters. The third-order valence-corrected chi connectivity index (χ3v) is 3.84. The van der Waals surface area contributed by atoms with Crippen LogP contribution in [0.25, 0.3) is 0 Å². The summed E-state index contributed by atoms with van der Waals surface area (Å²) in [6, 6.07) is -0.0226. The molecule has 0 aliphatic carbocycles. The van der Waals surface area contributed by atoms with Gasteiger partial charge in [-0.2, -0.15) is 0 Å². The van der Waals surface area contributed by atoms with E-state index in [9.17, 15) is 4.79 Å². The van der Waals surface area contributed by atoms with Crippen LogP contribution >= 0.6 is 0 Å². The summed E-state index contributed by atoms with van der Waals surface area (Å²) < 4.78 is 1.97. The van der Waals surface area contributed by atoms with Gasteiger partial charge in [0.05, 0.1) is 5.56 Å².